The first-order valence-corrected chi connectivity index (χ1v) is 8.56. The van der Waals surface area contributed by atoms with Crippen LogP contribution in [0.3, 0.4) is 0 Å². The van der Waals surface area contributed by atoms with Gasteiger partial charge in [-0.05, 0) is 18.1 Å². The summed E-state index contributed by atoms with van der Waals surface area (Å²) in [5.41, 5.74) is 0.487. The van der Waals surface area contributed by atoms with E-state index < -0.39 is 6.36 Å². The molecule has 0 radical (unpaired) electrons. The lowest BCUT2D eigenvalue weighted by Gasteiger charge is -2.26. The maximum absolute atomic E-state index is 12.4. The molecular weight excluding hydrogens is 476 g/mol. The molecule has 0 atom stereocenters. The van der Waals surface area contributed by atoms with Gasteiger partial charge in [0.25, 0.3) is 0 Å². The van der Waals surface area contributed by atoms with Crippen LogP contribution in [0.25, 0.3) is 0 Å². The molecule has 1 aliphatic heterocycles. The minimum absolute atomic E-state index is 0. The van der Waals surface area contributed by atoms with E-state index in [4.69, 9.17) is 4.74 Å². The Balaban J connectivity index is 0.00000364. The average Bonchev–Trinajstić information content (AvgIpc) is 2.61. The number of nitrogens with one attached hydrogen (secondary N) is 2. The second-order valence-electron chi connectivity index (χ2n) is 5.79. The van der Waals surface area contributed by atoms with E-state index in [0.29, 0.717) is 24.5 Å². The molecule has 0 amide bonds. The number of hydrogen-bond acceptors (Lipinski definition) is 4. The molecule has 1 heterocycles. The van der Waals surface area contributed by atoms with Crippen LogP contribution in [0.5, 0.6) is 5.75 Å². The van der Waals surface area contributed by atoms with Gasteiger partial charge in [0.05, 0.1) is 13.2 Å². The number of guanidine groups is 1. The van der Waals surface area contributed by atoms with E-state index in [0.717, 1.165) is 39.4 Å². The third-order valence-electron chi connectivity index (χ3n) is 3.93. The number of benzene rings is 1. The number of ether oxygens (including phenoxy) is 2. The van der Waals surface area contributed by atoms with E-state index in [1.807, 2.05) is 0 Å². The Bertz CT molecular complexity index is 582. The fraction of sp³-hybridized carbons (Fsp3) is 0.588. The van der Waals surface area contributed by atoms with Gasteiger partial charge in [-0.3, -0.25) is 9.89 Å². The van der Waals surface area contributed by atoms with Crippen molar-refractivity contribution in [1.82, 2.24) is 15.5 Å². The fourth-order valence-corrected chi connectivity index (χ4v) is 2.63. The van der Waals surface area contributed by atoms with E-state index in [2.05, 4.69) is 25.3 Å². The maximum atomic E-state index is 12.4. The fourth-order valence-electron chi connectivity index (χ4n) is 2.63. The minimum Gasteiger partial charge on any atom is -0.406 e. The molecule has 1 aromatic carbocycles. The second-order valence-corrected chi connectivity index (χ2v) is 5.79. The number of halogens is 4. The van der Waals surface area contributed by atoms with Crippen molar-refractivity contribution in [3.05, 3.63) is 29.8 Å². The molecule has 1 aliphatic rings. The van der Waals surface area contributed by atoms with Crippen LogP contribution in [0, 0.1) is 0 Å². The van der Waals surface area contributed by atoms with Crippen LogP contribution in [0.2, 0.25) is 0 Å². The number of morpholine rings is 1. The monoisotopic (exact) mass is 502 g/mol. The predicted octanol–water partition coefficient (Wildman–Crippen LogP) is 2.24. The highest BCUT2D eigenvalue weighted by atomic mass is 127. The van der Waals surface area contributed by atoms with Gasteiger partial charge in [0.2, 0.25) is 0 Å². The lowest BCUT2D eigenvalue weighted by molar-refractivity contribution is -0.274. The topological polar surface area (TPSA) is 58.1 Å². The highest BCUT2D eigenvalue weighted by molar-refractivity contribution is 14.0. The van der Waals surface area contributed by atoms with Crippen LogP contribution < -0.4 is 15.4 Å². The highest BCUT2D eigenvalue weighted by Gasteiger charge is 2.31. The van der Waals surface area contributed by atoms with Gasteiger partial charge in [-0.2, -0.15) is 0 Å². The van der Waals surface area contributed by atoms with Crippen molar-refractivity contribution < 1.29 is 22.6 Å². The zero-order valence-corrected chi connectivity index (χ0v) is 17.5. The van der Waals surface area contributed by atoms with Crippen LogP contribution in [-0.4, -0.2) is 70.2 Å². The third kappa shape index (κ3) is 9.47. The quantitative estimate of drug-likeness (QED) is 0.341. The van der Waals surface area contributed by atoms with Gasteiger partial charge in [0, 0.05) is 39.8 Å². The molecule has 2 N–H and O–H groups in total. The van der Waals surface area contributed by atoms with Crippen LogP contribution in [0.4, 0.5) is 13.2 Å². The maximum Gasteiger partial charge on any atom is 0.573 e. The van der Waals surface area contributed by atoms with Gasteiger partial charge in [0.15, 0.2) is 5.96 Å². The molecule has 0 bridgehead atoms. The molecule has 0 aromatic heterocycles. The van der Waals surface area contributed by atoms with Crippen LogP contribution in [-0.2, 0) is 11.2 Å². The van der Waals surface area contributed by atoms with Gasteiger partial charge < -0.3 is 20.1 Å². The summed E-state index contributed by atoms with van der Waals surface area (Å²) in [4.78, 5) is 6.42. The molecule has 0 saturated carbocycles. The van der Waals surface area contributed by atoms with Crippen molar-refractivity contribution >= 4 is 29.9 Å². The zero-order chi connectivity index (χ0) is 18.8. The number of para-hydroxylation sites is 1. The molecule has 2 rings (SSSR count). The summed E-state index contributed by atoms with van der Waals surface area (Å²) >= 11 is 0. The average molecular weight is 502 g/mol. The normalized spacial score (nSPS) is 15.8. The molecule has 1 aromatic rings. The first-order chi connectivity index (χ1) is 12.5. The first kappa shape index (κ1) is 23.8. The summed E-state index contributed by atoms with van der Waals surface area (Å²) in [6, 6.07) is 6.15. The van der Waals surface area contributed by atoms with Crippen LogP contribution in [0.1, 0.15) is 5.56 Å². The van der Waals surface area contributed by atoms with Crippen molar-refractivity contribution in [1.29, 1.82) is 0 Å². The molecule has 1 saturated heterocycles. The third-order valence-corrected chi connectivity index (χ3v) is 3.93. The summed E-state index contributed by atoms with van der Waals surface area (Å²) in [7, 11) is 1.66. The SMILES string of the molecule is CN=C(NCCc1ccccc1OC(F)(F)F)NCCN1CCOCC1.I. The predicted molar refractivity (Wildman–Crippen MR) is 109 cm³/mol. The van der Waals surface area contributed by atoms with Crippen LogP contribution >= 0.6 is 24.0 Å². The molecule has 1 fully saturated rings. The Morgan fingerprint density at radius 1 is 1.19 bits per heavy atom. The lowest BCUT2D eigenvalue weighted by atomic mass is 10.1. The number of hydrogen-bond donors (Lipinski definition) is 2. The highest BCUT2D eigenvalue weighted by Crippen LogP contribution is 2.26. The molecule has 27 heavy (non-hydrogen) atoms. The van der Waals surface area contributed by atoms with Crippen molar-refractivity contribution in [2.24, 2.45) is 4.99 Å². The Morgan fingerprint density at radius 3 is 2.52 bits per heavy atom. The molecule has 154 valence electrons. The molecule has 0 aliphatic carbocycles. The van der Waals surface area contributed by atoms with Crippen molar-refractivity contribution in [3.8, 4) is 5.75 Å². The Hall–Kier alpha value is -1.27. The van der Waals surface area contributed by atoms with Crippen molar-refractivity contribution in [2.75, 3.05) is 53.0 Å². The summed E-state index contributed by atoms with van der Waals surface area (Å²) < 4.78 is 46.7. The van der Waals surface area contributed by atoms with Crippen LogP contribution in [0.15, 0.2) is 29.3 Å². The van der Waals surface area contributed by atoms with E-state index in [-0.39, 0.29) is 29.7 Å². The van der Waals surface area contributed by atoms with Gasteiger partial charge in [0.1, 0.15) is 5.75 Å². The van der Waals surface area contributed by atoms with E-state index in [1.54, 1.807) is 19.2 Å². The summed E-state index contributed by atoms with van der Waals surface area (Å²) in [6.07, 6.45) is -4.31. The van der Waals surface area contributed by atoms with Crippen molar-refractivity contribution in [3.63, 3.8) is 0 Å². The van der Waals surface area contributed by atoms with Gasteiger partial charge >= 0.3 is 6.36 Å². The molecule has 6 nitrogen and oxygen atoms in total. The van der Waals surface area contributed by atoms with E-state index in [1.165, 1.54) is 12.1 Å². The largest absolute Gasteiger partial charge is 0.573 e. The Kier molecular flexibility index (Phi) is 10.8. The molecule has 0 spiro atoms. The lowest BCUT2D eigenvalue weighted by Crippen LogP contribution is -2.44. The summed E-state index contributed by atoms with van der Waals surface area (Å²) in [6.45, 7) is 5.40. The van der Waals surface area contributed by atoms with Gasteiger partial charge in [-0.15, -0.1) is 37.1 Å². The van der Waals surface area contributed by atoms with Crippen molar-refractivity contribution in [2.45, 2.75) is 12.8 Å². The van der Waals surface area contributed by atoms with Gasteiger partial charge in [-0.1, -0.05) is 18.2 Å². The number of aliphatic imine (C=N–C) groups is 1. The van der Waals surface area contributed by atoms with E-state index in [9.17, 15) is 13.2 Å². The smallest absolute Gasteiger partial charge is 0.406 e. The number of nitrogens with zero attached hydrogens (tertiary/aromatic N) is 2. The van der Waals surface area contributed by atoms with E-state index >= 15 is 0 Å². The zero-order valence-electron chi connectivity index (χ0n) is 15.2. The Morgan fingerprint density at radius 2 is 1.85 bits per heavy atom. The molecule has 0 unspecified atom stereocenters. The summed E-state index contributed by atoms with van der Waals surface area (Å²) in [5, 5.41) is 6.31. The summed E-state index contributed by atoms with van der Waals surface area (Å²) in [5.74, 6) is 0.449. The standard InChI is InChI=1S/C17H25F3N4O2.HI/c1-21-16(23-8-9-24-10-12-25-13-11-24)22-7-6-14-4-2-3-5-15(14)26-17(18,19)20;/h2-5H,6-13H2,1H3,(H2,21,22,23);1H. The molecule has 10 heteroatoms. The first-order valence-electron chi connectivity index (χ1n) is 8.56. The second kappa shape index (κ2) is 12.2. The van der Waals surface area contributed by atoms with Gasteiger partial charge in [-0.25, -0.2) is 0 Å². The molecular formula is C17H26F3IN4O2. The number of rotatable bonds is 7. The number of alkyl halides is 3. The Labute approximate surface area is 174 Å². The minimum atomic E-state index is -4.69.